The van der Waals surface area contributed by atoms with E-state index >= 15 is 0 Å². The topological polar surface area (TPSA) is 88.2 Å². The lowest BCUT2D eigenvalue weighted by molar-refractivity contribution is -0.146. The van der Waals surface area contributed by atoms with Gasteiger partial charge in [0.2, 0.25) is 0 Å². The highest BCUT2D eigenvalue weighted by Crippen LogP contribution is 2.21. The first kappa shape index (κ1) is 39.7. The molecule has 2 atom stereocenters. The number of hydrogen-bond donors (Lipinski definition) is 0. The molecular weight excluding hydrogens is 673 g/mol. The van der Waals surface area contributed by atoms with Crippen molar-refractivity contribution in [3.05, 3.63) is 144 Å². The van der Waals surface area contributed by atoms with Gasteiger partial charge in [0.05, 0.1) is 42.3 Å². The maximum absolute atomic E-state index is 12.4. The second-order valence-corrected chi connectivity index (χ2v) is 14.7. The number of carbonyl (C=O) groups is 2. The van der Waals surface area contributed by atoms with Crippen LogP contribution in [-0.2, 0) is 45.0 Å². The Kier molecular flexibility index (Phi) is 14.4. The number of para-hydroxylation sites is 2. The molecule has 0 fully saturated rings. The van der Waals surface area contributed by atoms with Gasteiger partial charge in [-0.05, 0) is 72.9 Å². The summed E-state index contributed by atoms with van der Waals surface area (Å²) in [6, 6.07) is 34.5. The first-order valence-electron chi connectivity index (χ1n) is 19.1. The smallest absolute Gasteiger partial charge is 0.313 e. The van der Waals surface area contributed by atoms with Crippen LogP contribution in [0.1, 0.15) is 75.6 Å². The van der Waals surface area contributed by atoms with Crippen molar-refractivity contribution >= 4 is 23.0 Å². The minimum absolute atomic E-state index is 0.189. The van der Waals surface area contributed by atoms with E-state index in [4.69, 9.17) is 9.47 Å². The monoisotopic (exact) mass is 726 g/mol. The predicted octanol–water partition coefficient (Wildman–Crippen LogP) is 9.68. The third-order valence-electron chi connectivity index (χ3n) is 9.38. The minimum atomic E-state index is -0.274. The molecule has 8 nitrogen and oxygen atoms in total. The number of fused-ring (bicyclic) bond motifs is 1. The van der Waals surface area contributed by atoms with Gasteiger partial charge in [-0.2, -0.15) is 0 Å². The van der Waals surface area contributed by atoms with Gasteiger partial charge in [0.1, 0.15) is 19.0 Å². The van der Waals surface area contributed by atoms with E-state index in [2.05, 4.69) is 61.9 Å². The molecule has 0 bridgehead atoms. The summed E-state index contributed by atoms with van der Waals surface area (Å²) >= 11 is 0. The van der Waals surface area contributed by atoms with Crippen molar-refractivity contribution in [1.29, 1.82) is 0 Å². The van der Waals surface area contributed by atoms with Crippen molar-refractivity contribution in [2.75, 3.05) is 13.2 Å². The van der Waals surface area contributed by atoms with Crippen molar-refractivity contribution in [2.24, 2.45) is 11.8 Å². The molecule has 4 aromatic carbocycles. The highest BCUT2D eigenvalue weighted by molar-refractivity contribution is 5.78. The lowest BCUT2D eigenvalue weighted by atomic mass is 9.97. The second kappa shape index (κ2) is 19.5. The van der Waals surface area contributed by atoms with Crippen molar-refractivity contribution in [3.8, 4) is 11.4 Å². The van der Waals surface area contributed by atoms with Gasteiger partial charge in [0, 0.05) is 18.0 Å². The number of carbonyl (C=O) groups excluding carboxylic acids is 2. The Bertz CT molecular complexity index is 2050. The quantitative estimate of drug-likeness (QED) is 0.0980. The zero-order valence-corrected chi connectivity index (χ0v) is 32.5. The molecule has 8 heteroatoms. The number of esters is 2. The lowest BCUT2D eigenvalue weighted by Gasteiger charge is -2.14. The molecule has 54 heavy (non-hydrogen) atoms. The number of ether oxygens (including phenoxy) is 2. The Morgan fingerprint density at radius 1 is 0.593 bits per heavy atom. The average molecular weight is 727 g/mol. The lowest BCUT2D eigenvalue weighted by Crippen LogP contribution is -2.16. The summed E-state index contributed by atoms with van der Waals surface area (Å²) in [6.07, 6.45) is 7.57. The normalized spacial score (nSPS) is 12.3. The van der Waals surface area contributed by atoms with E-state index in [1.165, 1.54) is 11.1 Å². The van der Waals surface area contributed by atoms with Crippen molar-refractivity contribution in [2.45, 2.75) is 79.3 Å². The molecule has 0 N–H and O–H groups in total. The molecule has 2 heterocycles. The fourth-order valence-electron chi connectivity index (χ4n) is 6.36. The van der Waals surface area contributed by atoms with Gasteiger partial charge < -0.3 is 18.6 Å². The molecule has 0 aliphatic heterocycles. The summed E-state index contributed by atoms with van der Waals surface area (Å²) in [5.74, 6) is 1.21. The predicted molar refractivity (Wildman–Crippen MR) is 216 cm³/mol. The van der Waals surface area contributed by atoms with Gasteiger partial charge in [-0.3, -0.25) is 9.59 Å². The molecule has 0 aliphatic carbocycles. The summed E-state index contributed by atoms with van der Waals surface area (Å²) < 4.78 is 15.0. The Labute approximate surface area is 320 Å². The summed E-state index contributed by atoms with van der Waals surface area (Å²) in [7, 11) is 0. The highest BCUT2D eigenvalue weighted by atomic mass is 16.5. The van der Waals surface area contributed by atoms with E-state index in [9.17, 15) is 9.59 Å². The van der Waals surface area contributed by atoms with Gasteiger partial charge in [-0.1, -0.05) is 119 Å². The third kappa shape index (κ3) is 11.3. The molecule has 0 amide bonds. The van der Waals surface area contributed by atoms with Crippen LogP contribution < -0.4 is 0 Å². The Morgan fingerprint density at radius 2 is 1.09 bits per heavy atom. The largest absolute Gasteiger partial charge is 0.463 e. The average Bonchev–Trinajstić information content (AvgIpc) is 3.82. The first-order valence-corrected chi connectivity index (χ1v) is 19.1. The molecule has 0 radical (unpaired) electrons. The van der Waals surface area contributed by atoms with Crippen LogP contribution in [0.5, 0.6) is 0 Å². The number of rotatable bonds is 15. The van der Waals surface area contributed by atoms with Crippen LogP contribution in [0.2, 0.25) is 0 Å². The molecule has 282 valence electrons. The van der Waals surface area contributed by atoms with Crippen LogP contribution in [-0.4, -0.2) is 44.3 Å². The van der Waals surface area contributed by atoms with Gasteiger partial charge in [-0.25, -0.2) is 9.97 Å². The van der Waals surface area contributed by atoms with Crippen molar-refractivity contribution in [3.63, 3.8) is 0 Å². The minimum Gasteiger partial charge on any atom is -0.463 e. The Hall–Kier alpha value is -5.50. The molecule has 0 aliphatic rings. The first-order chi connectivity index (χ1) is 26.1. The summed E-state index contributed by atoms with van der Waals surface area (Å²) in [5, 5.41) is 0. The summed E-state index contributed by atoms with van der Waals surface area (Å²) in [5.41, 5.74) is 7.64. The zero-order chi connectivity index (χ0) is 38.5. The van der Waals surface area contributed by atoms with E-state index in [0.717, 1.165) is 46.4 Å². The summed E-state index contributed by atoms with van der Waals surface area (Å²) in [4.78, 5) is 33.6. The van der Waals surface area contributed by atoms with E-state index < -0.39 is 0 Å². The molecule has 6 rings (SSSR count). The number of aromatic nitrogens is 4. The van der Waals surface area contributed by atoms with Crippen LogP contribution in [0.15, 0.2) is 122 Å². The standard InChI is InChI=1S/C24H28N2O2.C22H26N2O2/c1-18(2)17-20-9-11-21(12-10-20)19(3)24(27)28-16-15-26-14-13-25-23(26)22-7-5-4-6-8-22;1-16(2)14-18-8-10-19(11-9-18)17(3)22(25)26-13-12-24-15-23-20-6-4-5-7-21(20)24/h4-14,18-19H,15-17H2,1-3H3;4-11,15-17H,12-14H2,1-3H3. The number of hydrogen-bond acceptors (Lipinski definition) is 6. The van der Waals surface area contributed by atoms with E-state index in [1.54, 1.807) is 12.5 Å². The SMILES string of the molecule is CC(C)Cc1ccc(C(C)C(=O)OCCn2ccnc2-c2ccccc2)cc1.CC(C)Cc1ccc(C(C)C(=O)OCCn2cnc3ccccc32)cc1. The Morgan fingerprint density at radius 3 is 1.63 bits per heavy atom. The molecule has 0 saturated carbocycles. The summed E-state index contributed by atoms with van der Waals surface area (Å²) in [6.45, 7) is 14.5. The molecular formula is C46H54N4O4. The van der Waals surface area contributed by atoms with Gasteiger partial charge in [0.15, 0.2) is 0 Å². The molecule has 0 saturated heterocycles. The number of imidazole rings is 2. The molecule has 2 aromatic heterocycles. The third-order valence-corrected chi connectivity index (χ3v) is 9.38. The molecule has 0 spiro atoms. The maximum Gasteiger partial charge on any atom is 0.313 e. The van der Waals surface area contributed by atoms with Crippen LogP contribution in [0.3, 0.4) is 0 Å². The fourth-order valence-corrected chi connectivity index (χ4v) is 6.36. The van der Waals surface area contributed by atoms with E-state index in [0.29, 0.717) is 38.1 Å². The molecule has 2 unspecified atom stereocenters. The van der Waals surface area contributed by atoms with Gasteiger partial charge in [0.25, 0.3) is 0 Å². The van der Waals surface area contributed by atoms with Crippen LogP contribution in [0.4, 0.5) is 0 Å². The molecule has 6 aromatic rings. The van der Waals surface area contributed by atoms with Crippen LogP contribution in [0.25, 0.3) is 22.4 Å². The van der Waals surface area contributed by atoms with Crippen molar-refractivity contribution in [1.82, 2.24) is 19.1 Å². The number of nitrogens with zero attached hydrogens (tertiary/aromatic N) is 4. The van der Waals surface area contributed by atoms with Gasteiger partial charge >= 0.3 is 11.9 Å². The highest BCUT2D eigenvalue weighted by Gasteiger charge is 2.18. The van der Waals surface area contributed by atoms with Gasteiger partial charge in [-0.15, -0.1) is 0 Å². The van der Waals surface area contributed by atoms with E-state index in [-0.39, 0.29) is 23.8 Å². The van der Waals surface area contributed by atoms with E-state index in [1.807, 2.05) is 108 Å². The van der Waals surface area contributed by atoms with Crippen LogP contribution >= 0.6 is 0 Å². The second-order valence-electron chi connectivity index (χ2n) is 14.7. The maximum atomic E-state index is 12.4. The van der Waals surface area contributed by atoms with Crippen molar-refractivity contribution < 1.29 is 19.1 Å². The number of benzene rings is 4. The van der Waals surface area contributed by atoms with Crippen LogP contribution in [0, 0.1) is 11.8 Å². The zero-order valence-electron chi connectivity index (χ0n) is 32.5. The fraction of sp³-hybridized carbons (Fsp3) is 0.348. The Balaban J connectivity index is 0.000000208.